The number of halogens is 1. The first kappa shape index (κ1) is 19.4. The van der Waals surface area contributed by atoms with E-state index in [0.29, 0.717) is 0 Å². The molecule has 0 amide bonds. The van der Waals surface area contributed by atoms with Crippen LogP contribution in [0.3, 0.4) is 0 Å². The van der Waals surface area contributed by atoms with Crippen molar-refractivity contribution in [3.8, 4) is 0 Å². The van der Waals surface area contributed by atoms with E-state index in [1.165, 1.54) is 27.8 Å². The highest BCUT2D eigenvalue weighted by Crippen LogP contribution is 2.64. The molecule has 1 heterocycles. The molecule has 0 spiro atoms. The van der Waals surface area contributed by atoms with Crippen LogP contribution in [0.25, 0.3) is 0 Å². The van der Waals surface area contributed by atoms with E-state index in [-0.39, 0.29) is 5.04 Å². The molecule has 1 unspecified atom stereocenters. The molecule has 1 aliphatic heterocycles. The summed E-state index contributed by atoms with van der Waals surface area (Å²) >= 11 is 7.86. The first-order chi connectivity index (χ1) is 14.5. The van der Waals surface area contributed by atoms with Gasteiger partial charge in [0.05, 0.1) is 4.50 Å². The Balaban J connectivity index is 1.96. The van der Waals surface area contributed by atoms with Crippen molar-refractivity contribution in [3.63, 3.8) is 0 Å². The molecular weight excluding hydrogens is 400 g/mol. The molecule has 0 nitrogen and oxygen atoms in total. The van der Waals surface area contributed by atoms with Gasteiger partial charge in [-0.2, -0.15) is 0 Å². The number of alkyl halides is 1. The number of rotatable bonds is 3. The summed E-state index contributed by atoms with van der Waals surface area (Å²) in [5.74, 6) is 0. The third kappa shape index (κ3) is 2.34. The van der Waals surface area contributed by atoms with E-state index >= 15 is 0 Å². The van der Waals surface area contributed by atoms with E-state index in [1.807, 2.05) is 0 Å². The third-order valence-electron chi connectivity index (χ3n) is 7.09. The largest absolute Gasteiger partial charge is 0.113 e. The molecule has 4 aromatic rings. The van der Waals surface area contributed by atoms with Crippen LogP contribution < -0.4 is 0 Å². The number of fused-ring (bicyclic) bond motifs is 1. The van der Waals surface area contributed by atoms with Crippen LogP contribution in [-0.2, 0) is 9.54 Å². The van der Waals surface area contributed by atoms with Crippen molar-refractivity contribution in [2.75, 3.05) is 0 Å². The van der Waals surface area contributed by atoms with E-state index in [2.05, 4.69) is 128 Å². The molecule has 5 rings (SSSR count). The molecule has 0 radical (unpaired) electrons. The minimum absolute atomic E-state index is 0.246. The summed E-state index contributed by atoms with van der Waals surface area (Å²) in [5, 5.41) is -0.246. The Hall–Kier alpha value is -2.61. The second-order valence-electron chi connectivity index (χ2n) is 8.68. The van der Waals surface area contributed by atoms with E-state index in [0.717, 1.165) is 0 Å². The van der Waals surface area contributed by atoms with Gasteiger partial charge >= 0.3 is 0 Å². The fraction of sp³-hybridized carbons (Fsp3) is 0.143. The van der Waals surface area contributed by atoms with Crippen molar-refractivity contribution in [1.29, 1.82) is 0 Å². The summed E-state index contributed by atoms with van der Waals surface area (Å²) in [5.41, 5.74) is 6.46. The van der Waals surface area contributed by atoms with Crippen LogP contribution in [0.5, 0.6) is 0 Å². The van der Waals surface area contributed by atoms with Gasteiger partial charge < -0.3 is 0 Å². The predicted octanol–water partition coefficient (Wildman–Crippen LogP) is 7.30. The van der Waals surface area contributed by atoms with Gasteiger partial charge in [0.2, 0.25) is 0 Å². The Morgan fingerprint density at radius 3 is 1.33 bits per heavy atom. The number of hydrogen-bond donors (Lipinski definition) is 0. The van der Waals surface area contributed by atoms with E-state index in [1.54, 1.807) is 0 Å². The normalized spacial score (nSPS) is 21.2. The summed E-state index contributed by atoms with van der Waals surface area (Å²) in [6, 6.07) is 41.5. The molecular formula is C28H25ClSi. The summed E-state index contributed by atoms with van der Waals surface area (Å²) in [4.78, 5) is 0. The molecule has 0 aromatic heterocycles. The molecule has 1 atom stereocenters. The van der Waals surface area contributed by atoms with Gasteiger partial charge in [0.15, 0.2) is 0 Å². The molecule has 0 saturated carbocycles. The molecule has 1 aliphatic rings. The maximum absolute atomic E-state index is 7.86. The Kier molecular flexibility index (Phi) is 4.50. The Morgan fingerprint density at radius 2 is 0.867 bits per heavy atom. The molecule has 0 bridgehead atoms. The van der Waals surface area contributed by atoms with Gasteiger partial charge in [-0.15, -0.1) is 11.6 Å². The predicted molar refractivity (Wildman–Crippen MR) is 130 cm³/mol. The number of benzene rings is 4. The van der Waals surface area contributed by atoms with Crippen molar-refractivity contribution in [2.45, 2.75) is 22.6 Å². The molecule has 0 fully saturated rings. The lowest BCUT2D eigenvalue weighted by Crippen LogP contribution is -2.59. The molecule has 0 aliphatic carbocycles. The van der Waals surface area contributed by atoms with Gasteiger partial charge in [-0.05, 0) is 27.8 Å². The lowest BCUT2D eigenvalue weighted by molar-refractivity contribution is 0.838. The summed E-state index contributed by atoms with van der Waals surface area (Å²) in [7, 11) is -2.34. The summed E-state index contributed by atoms with van der Waals surface area (Å²) in [6.45, 7) is 4.93. The van der Waals surface area contributed by atoms with E-state index in [4.69, 9.17) is 11.6 Å². The minimum Gasteiger partial charge on any atom is -0.113 e. The zero-order valence-corrected chi connectivity index (χ0v) is 19.1. The fourth-order valence-corrected chi connectivity index (χ4v) is 11.5. The quantitative estimate of drug-likeness (QED) is 0.239. The van der Waals surface area contributed by atoms with Crippen molar-refractivity contribution in [2.24, 2.45) is 0 Å². The van der Waals surface area contributed by atoms with Crippen LogP contribution in [0.15, 0.2) is 115 Å². The summed E-state index contributed by atoms with van der Waals surface area (Å²) in [6.07, 6.45) is 0. The smallest absolute Gasteiger partial charge is 0.105 e. The van der Waals surface area contributed by atoms with Gasteiger partial charge in [0, 0.05) is 5.04 Å². The van der Waals surface area contributed by atoms with Gasteiger partial charge in [-0.3, -0.25) is 0 Å². The Morgan fingerprint density at radius 1 is 0.500 bits per heavy atom. The summed E-state index contributed by atoms with van der Waals surface area (Å²) < 4.78 is -0.531. The van der Waals surface area contributed by atoms with Crippen LogP contribution in [0.4, 0.5) is 0 Å². The average Bonchev–Trinajstić information content (AvgIpc) is 2.97. The van der Waals surface area contributed by atoms with Gasteiger partial charge in [0.1, 0.15) is 8.07 Å². The van der Waals surface area contributed by atoms with E-state index in [9.17, 15) is 0 Å². The third-order valence-corrected chi connectivity index (χ3v) is 13.9. The first-order valence-electron chi connectivity index (χ1n) is 10.5. The van der Waals surface area contributed by atoms with E-state index < -0.39 is 12.6 Å². The van der Waals surface area contributed by atoms with Crippen LogP contribution in [0.1, 0.15) is 27.8 Å². The molecule has 2 heteroatoms. The lowest BCUT2D eigenvalue weighted by atomic mass is 9.81. The average molecular weight is 425 g/mol. The Labute approximate surface area is 185 Å². The molecule has 4 aromatic carbocycles. The highest BCUT2D eigenvalue weighted by molar-refractivity contribution is 6.92. The molecule has 30 heavy (non-hydrogen) atoms. The van der Waals surface area contributed by atoms with Crippen LogP contribution in [0, 0.1) is 0 Å². The maximum atomic E-state index is 7.86. The van der Waals surface area contributed by atoms with Crippen molar-refractivity contribution >= 4 is 19.7 Å². The standard InChI is InChI=1S/C28H25ClSi/c1-30(2)27(22-14-6-3-7-15-22,23-16-8-4-9-17-23)25-20-12-13-21-26(25)28(30,29)24-18-10-5-11-19-24/h3-21H,1-2H3. The molecule has 0 N–H and O–H groups in total. The molecule has 0 saturated heterocycles. The minimum atomic E-state index is -2.34. The SMILES string of the molecule is C[Si]1(C)C(Cl)(c2ccccc2)c2ccccc2C1(c1ccccc1)c1ccccc1. The van der Waals surface area contributed by atoms with Crippen LogP contribution >= 0.6 is 11.6 Å². The van der Waals surface area contributed by atoms with Crippen LogP contribution in [-0.4, -0.2) is 8.07 Å². The maximum Gasteiger partial charge on any atom is 0.105 e. The highest BCUT2D eigenvalue weighted by atomic mass is 35.5. The highest BCUT2D eigenvalue weighted by Gasteiger charge is 2.68. The van der Waals surface area contributed by atoms with Crippen molar-refractivity contribution in [1.82, 2.24) is 0 Å². The van der Waals surface area contributed by atoms with Gasteiger partial charge in [-0.25, -0.2) is 0 Å². The lowest BCUT2D eigenvalue weighted by Gasteiger charge is -2.47. The van der Waals surface area contributed by atoms with Gasteiger partial charge in [0.25, 0.3) is 0 Å². The fourth-order valence-electron chi connectivity index (χ4n) is 5.80. The Bertz CT molecular complexity index is 1130. The second-order valence-corrected chi connectivity index (χ2v) is 14.3. The zero-order chi connectivity index (χ0) is 20.8. The topological polar surface area (TPSA) is 0 Å². The van der Waals surface area contributed by atoms with Gasteiger partial charge in [-0.1, -0.05) is 128 Å². The van der Waals surface area contributed by atoms with Crippen molar-refractivity contribution in [3.05, 3.63) is 143 Å². The number of hydrogen-bond acceptors (Lipinski definition) is 0. The first-order valence-corrected chi connectivity index (χ1v) is 13.9. The van der Waals surface area contributed by atoms with Crippen LogP contribution in [0.2, 0.25) is 13.1 Å². The monoisotopic (exact) mass is 424 g/mol. The molecule has 148 valence electrons. The second kappa shape index (κ2) is 6.97. The van der Waals surface area contributed by atoms with Crippen molar-refractivity contribution < 1.29 is 0 Å². The zero-order valence-electron chi connectivity index (χ0n) is 17.3.